The van der Waals surface area contributed by atoms with Crippen LogP contribution in [0.5, 0.6) is 0 Å². The Morgan fingerprint density at radius 2 is 1.96 bits per heavy atom. The van der Waals surface area contributed by atoms with Crippen LogP contribution in [0.4, 0.5) is 5.13 Å². The lowest BCUT2D eigenvalue weighted by molar-refractivity contribution is -0.115. The molecule has 1 N–H and O–H groups in total. The van der Waals surface area contributed by atoms with Gasteiger partial charge < -0.3 is 5.32 Å². The first-order valence-corrected chi connectivity index (χ1v) is 9.29. The molecule has 3 aromatic rings. The minimum Gasteiger partial charge on any atom is -0.302 e. The van der Waals surface area contributed by atoms with E-state index >= 15 is 0 Å². The van der Waals surface area contributed by atoms with Crippen molar-refractivity contribution in [2.75, 3.05) is 5.32 Å². The Labute approximate surface area is 142 Å². The summed E-state index contributed by atoms with van der Waals surface area (Å²) < 4.78 is 0. The summed E-state index contributed by atoms with van der Waals surface area (Å²) in [7, 11) is 0. The Bertz CT molecular complexity index is 821. The Kier molecular flexibility index (Phi) is 3.93. The van der Waals surface area contributed by atoms with Gasteiger partial charge in [0.15, 0.2) is 5.13 Å². The van der Waals surface area contributed by atoms with Gasteiger partial charge in [0.1, 0.15) is 5.01 Å². The fraction of sp³-hybridized carbons (Fsp3) is 0.235. The molecule has 1 aromatic carbocycles. The van der Waals surface area contributed by atoms with E-state index < -0.39 is 0 Å². The number of carbonyl (C=O) groups is 1. The molecule has 116 valence electrons. The molecule has 1 fully saturated rings. The SMILES string of the molecule is O=C(Cc1csc(-c2ccccc2)n1)Nc1nc(C2CC2)cs1. The van der Waals surface area contributed by atoms with Crippen LogP contribution in [0, 0.1) is 0 Å². The molecule has 2 heterocycles. The average Bonchev–Trinajstić information content (AvgIpc) is 3.14. The molecular formula is C17H15N3OS2. The van der Waals surface area contributed by atoms with Gasteiger partial charge in [0, 0.05) is 22.2 Å². The molecule has 1 aliphatic rings. The summed E-state index contributed by atoms with van der Waals surface area (Å²) in [6.07, 6.45) is 2.72. The Morgan fingerprint density at radius 3 is 2.74 bits per heavy atom. The topological polar surface area (TPSA) is 54.9 Å². The number of benzene rings is 1. The van der Waals surface area contributed by atoms with E-state index in [-0.39, 0.29) is 12.3 Å². The van der Waals surface area contributed by atoms with Crippen LogP contribution in [0.25, 0.3) is 10.6 Å². The molecule has 4 nitrogen and oxygen atoms in total. The van der Waals surface area contributed by atoms with Crippen molar-refractivity contribution in [2.24, 2.45) is 0 Å². The van der Waals surface area contributed by atoms with Gasteiger partial charge >= 0.3 is 0 Å². The fourth-order valence-corrected chi connectivity index (χ4v) is 3.97. The third kappa shape index (κ3) is 3.48. The number of nitrogens with one attached hydrogen (secondary N) is 1. The number of hydrogen-bond donors (Lipinski definition) is 1. The second-order valence-corrected chi connectivity index (χ2v) is 7.30. The highest BCUT2D eigenvalue weighted by atomic mass is 32.1. The van der Waals surface area contributed by atoms with E-state index in [1.54, 1.807) is 11.3 Å². The Balaban J connectivity index is 1.39. The number of carbonyl (C=O) groups excluding carboxylic acids is 1. The van der Waals surface area contributed by atoms with Gasteiger partial charge in [0.05, 0.1) is 17.8 Å². The summed E-state index contributed by atoms with van der Waals surface area (Å²) in [5, 5.41) is 8.50. The molecule has 0 unspecified atom stereocenters. The number of nitrogens with zero attached hydrogens (tertiary/aromatic N) is 2. The summed E-state index contributed by atoms with van der Waals surface area (Å²) in [5.74, 6) is 0.551. The van der Waals surface area contributed by atoms with Gasteiger partial charge in [-0.25, -0.2) is 9.97 Å². The summed E-state index contributed by atoms with van der Waals surface area (Å²) in [5.41, 5.74) is 2.99. The molecule has 0 spiro atoms. The monoisotopic (exact) mass is 341 g/mol. The van der Waals surface area contributed by atoms with Gasteiger partial charge in [-0.15, -0.1) is 22.7 Å². The van der Waals surface area contributed by atoms with Crippen LogP contribution in [-0.4, -0.2) is 15.9 Å². The van der Waals surface area contributed by atoms with Gasteiger partial charge in [0.25, 0.3) is 0 Å². The number of amides is 1. The van der Waals surface area contributed by atoms with Crippen LogP contribution < -0.4 is 5.32 Å². The fourth-order valence-electron chi connectivity index (χ4n) is 2.34. The maximum Gasteiger partial charge on any atom is 0.232 e. The lowest BCUT2D eigenvalue weighted by Gasteiger charge is -1.99. The van der Waals surface area contributed by atoms with E-state index in [1.165, 1.54) is 24.2 Å². The molecule has 1 amide bonds. The standard InChI is InChI=1S/C17H15N3OS2/c21-15(20-17-19-14(10-23-17)11-6-7-11)8-13-9-22-16(18-13)12-4-2-1-3-5-12/h1-5,9-11H,6-8H2,(H,19,20,21). The number of thiazole rings is 2. The molecule has 2 aromatic heterocycles. The molecule has 23 heavy (non-hydrogen) atoms. The van der Waals surface area contributed by atoms with Crippen LogP contribution >= 0.6 is 22.7 Å². The van der Waals surface area contributed by atoms with E-state index in [9.17, 15) is 4.79 Å². The van der Waals surface area contributed by atoms with Gasteiger partial charge in [0.2, 0.25) is 5.91 Å². The van der Waals surface area contributed by atoms with Gasteiger partial charge in [-0.1, -0.05) is 30.3 Å². The molecule has 0 radical (unpaired) electrons. The predicted molar refractivity (Wildman–Crippen MR) is 94.0 cm³/mol. The molecule has 1 saturated carbocycles. The quantitative estimate of drug-likeness (QED) is 0.752. The van der Waals surface area contributed by atoms with Crippen LogP contribution in [0.3, 0.4) is 0 Å². The van der Waals surface area contributed by atoms with Crippen LogP contribution in [-0.2, 0) is 11.2 Å². The van der Waals surface area contributed by atoms with Crippen molar-refractivity contribution < 1.29 is 4.79 Å². The van der Waals surface area contributed by atoms with E-state index in [4.69, 9.17) is 0 Å². The number of aromatic nitrogens is 2. The van der Waals surface area contributed by atoms with Crippen LogP contribution in [0.15, 0.2) is 41.1 Å². The molecule has 4 rings (SSSR count). The van der Waals surface area contributed by atoms with Gasteiger partial charge in [-0.05, 0) is 12.8 Å². The highest BCUT2D eigenvalue weighted by Gasteiger charge is 2.26. The van der Waals surface area contributed by atoms with Gasteiger partial charge in [-0.2, -0.15) is 0 Å². The van der Waals surface area contributed by atoms with Crippen molar-refractivity contribution in [3.8, 4) is 10.6 Å². The summed E-state index contributed by atoms with van der Waals surface area (Å²) >= 11 is 3.06. The third-order valence-corrected chi connectivity index (χ3v) is 5.39. The van der Waals surface area contributed by atoms with E-state index in [0.717, 1.165) is 22.0 Å². The minimum atomic E-state index is -0.0633. The summed E-state index contributed by atoms with van der Waals surface area (Å²) in [4.78, 5) is 21.2. The zero-order chi connectivity index (χ0) is 15.6. The Hall–Kier alpha value is -2.05. The average molecular weight is 341 g/mol. The highest BCUT2D eigenvalue weighted by Crippen LogP contribution is 2.40. The van der Waals surface area contributed by atoms with Crippen LogP contribution in [0.2, 0.25) is 0 Å². The van der Waals surface area contributed by atoms with E-state index in [0.29, 0.717) is 11.0 Å². The van der Waals surface area contributed by atoms with Crippen molar-refractivity contribution in [1.29, 1.82) is 0 Å². The summed E-state index contributed by atoms with van der Waals surface area (Å²) in [6, 6.07) is 10.0. The molecule has 0 saturated heterocycles. The lowest BCUT2D eigenvalue weighted by Crippen LogP contribution is -2.14. The number of rotatable bonds is 5. The second kappa shape index (κ2) is 6.22. The molecular weight excluding hydrogens is 326 g/mol. The first-order chi connectivity index (χ1) is 11.3. The van der Waals surface area contributed by atoms with Crippen molar-refractivity contribution in [3.63, 3.8) is 0 Å². The Morgan fingerprint density at radius 1 is 1.13 bits per heavy atom. The zero-order valence-electron chi connectivity index (χ0n) is 12.4. The molecule has 0 atom stereocenters. The van der Waals surface area contributed by atoms with Crippen molar-refractivity contribution in [1.82, 2.24) is 9.97 Å². The third-order valence-electron chi connectivity index (χ3n) is 3.68. The normalized spacial score (nSPS) is 13.9. The first-order valence-electron chi connectivity index (χ1n) is 7.53. The predicted octanol–water partition coefficient (Wildman–Crippen LogP) is 4.33. The molecule has 1 aliphatic carbocycles. The zero-order valence-corrected chi connectivity index (χ0v) is 14.0. The highest BCUT2D eigenvalue weighted by molar-refractivity contribution is 7.14. The molecule has 0 aliphatic heterocycles. The van der Waals surface area contributed by atoms with Gasteiger partial charge in [-0.3, -0.25) is 4.79 Å². The smallest absolute Gasteiger partial charge is 0.232 e. The number of hydrogen-bond acceptors (Lipinski definition) is 5. The van der Waals surface area contributed by atoms with E-state index in [2.05, 4.69) is 15.3 Å². The van der Waals surface area contributed by atoms with Crippen LogP contribution in [0.1, 0.15) is 30.1 Å². The van der Waals surface area contributed by atoms with Crippen molar-refractivity contribution >= 4 is 33.7 Å². The first kappa shape index (κ1) is 14.5. The van der Waals surface area contributed by atoms with Crippen molar-refractivity contribution in [2.45, 2.75) is 25.2 Å². The van der Waals surface area contributed by atoms with E-state index in [1.807, 2.05) is 41.1 Å². The summed E-state index contributed by atoms with van der Waals surface area (Å²) in [6.45, 7) is 0. The largest absolute Gasteiger partial charge is 0.302 e. The molecule has 0 bridgehead atoms. The minimum absolute atomic E-state index is 0.0633. The lowest BCUT2D eigenvalue weighted by atomic mass is 10.2. The molecule has 6 heteroatoms. The van der Waals surface area contributed by atoms with Crippen molar-refractivity contribution in [3.05, 3.63) is 52.5 Å². The maximum absolute atomic E-state index is 12.1. The maximum atomic E-state index is 12.1. The second-order valence-electron chi connectivity index (χ2n) is 5.59. The number of anilines is 1.